The molecule has 1 aliphatic heterocycles. The zero-order valence-corrected chi connectivity index (χ0v) is 18.1. The average molecular weight is 459 g/mol. The van der Waals surface area contributed by atoms with Gasteiger partial charge in [-0.2, -0.15) is 13.2 Å². The number of amides is 1. The Hall–Kier alpha value is -3.17. The van der Waals surface area contributed by atoms with E-state index >= 15 is 0 Å². The number of aromatic nitrogens is 1. The van der Waals surface area contributed by atoms with Crippen LogP contribution in [0.2, 0.25) is 0 Å². The quantitative estimate of drug-likeness (QED) is 0.589. The first kappa shape index (κ1) is 23.0. The molecule has 1 aliphatic rings. The lowest BCUT2D eigenvalue weighted by molar-refractivity contribution is -0.137. The number of ether oxygens (including phenoxy) is 1. The highest BCUT2D eigenvalue weighted by molar-refractivity contribution is 5.93. The van der Waals surface area contributed by atoms with E-state index in [1.165, 1.54) is 12.1 Å². The first-order chi connectivity index (χ1) is 15.8. The molecule has 1 aromatic heterocycles. The molecule has 0 saturated carbocycles. The summed E-state index contributed by atoms with van der Waals surface area (Å²) >= 11 is 0. The molecule has 1 amide bonds. The van der Waals surface area contributed by atoms with Gasteiger partial charge in [-0.1, -0.05) is 30.3 Å². The van der Waals surface area contributed by atoms with Crippen LogP contribution in [0.3, 0.4) is 0 Å². The van der Waals surface area contributed by atoms with Crippen molar-refractivity contribution in [2.24, 2.45) is 0 Å². The molecule has 0 radical (unpaired) electrons. The summed E-state index contributed by atoms with van der Waals surface area (Å²) in [5.41, 5.74) is 0.923. The number of alkyl halides is 3. The van der Waals surface area contributed by atoms with E-state index < -0.39 is 17.6 Å². The maximum atomic E-state index is 13.0. The number of hydrogen-bond donors (Lipinski definition) is 1. The van der Waals surface area contributed by atoms with E-state index in [1.807, 2.05) is 30.3 Å². The van der Waals surface area contributed by atoms with E-state index in [0.717, 1.165) is 17.7 Å². The second-order valence-electron chi connectivity index (χ2n) is 7.78. The molecule has 1 atom stereocenters. The molecule has 174 valence electrons. The zero-order chi connectivity index (χ0) is 23.4. The van der Waals surface area contributed by atoms with Gasteiger partial charge in [0.05, 0.1) is 24.8 Å². The second kappa shape index (κ2) is 9.76. The molecule has 0 spiro atoms. The summed E-state index contributed by atoms with van der Waals surface area (Å²) in [6.45, 7) is 4.15. The van der Waals surface area contributed by atoms with E-state index in [4.69, 9.17) is 9.15 Å². The van der Waals surface area contributed by atoms with Gasteiger partial charge in [-0.15, -0.1) is 0 Å². The van der Waals surface area contributed by atoms with Gasteiger partial charge >= 0.3 is 6.18 Å². The largest absolute Gasteiger partial charge is 0.441 e. The van der Waals surface area contributed by atoms with Gasteiger partial charge in [0, 0.05) is 25.2 Å². The van der Waals surface area contributed by atoms with E-state index in [-0.39, 0.29) is 18.3 Å². The van der Waals surface area contributed by atoms with Crippen molar-refractivity contribution in [2.45, 2.75) is 19.1 Å². The molecule has 33 heavy (non-hydrogen) atoms. The molecule has 9 heteroatoms. The highest BCUT2D eigenvalue weighted by Crippen LogP contribution is 2.31. The Kier molecular flexibility index (Phi) is 6.80. The second-order valence-corrected chi connectivity index (χ2v) is 7.78. The van der Waals surface area contributed by atoms with Gasteiger partial charge in [0.15, 0.2) is 5.69 Å². The lowest BCUT2D eigenvalue weighted by atomic mass is 10.0. The van der Waals surface area contributed by atoms with E-state index in [1.54, 1.807) is 6.92 Å². The third-order valence-corrected chi connectivity index (χ3v) is 5.60. The van der Waals surface area contributed by atoms with Crippen molar-refractivity contribution in [1.82, 2.24) is 15.2 Å². The maximum Gasteiger partial charge on any atom is 0.416 e. The predicted molar refractivity (Wildman–Crippen MR) is 116 cm³/mol. The smallest absolute Gasteiger partial charge is 0.416 e. The third kappa shape index (κ3) is 5.43. The number of nitrogens with zero attached hydrogens (tertiary/aromatic N) is 2. The monoisotopic (exact) mass is 459 g/mol. The Labute approximate surface area is 189 Å². The Bertz CT molecular complexity index is 1080. The van der Waals surface area contributed by atoms with Crippen LogP contribution in [0.15, 0.2) is 59.0 Å². The van der Waals surface area contributed by atoms with Crippen molar-refractivity contribution in [1.29, 1.82) is 0 Å². The lowest BCUT2D eigenvalue weighted by Gasteiger charge is -2.35. The highest BCUT2D eigenvalue weighted by atomic mass is 19.4. The summed E-state index contributed by atoms with van der Waals surface area (Å²) in [5, 5.41) is 2.88. The Morgan fingerprint density at radius 2 is 1.76 bits per heavy atom. The normalized spacial score (nSPS) is 15.9. The van der Waals surface area contributed by atoms with Crippen LogP contribution in [0.4, 0.5) is 13.2 Å². The van der Waals surface area contributed by atoms with Crippen molar-refractivity contribution in [3.05, 3.63) is 77.2 Å². The lowest BCUT2D eigenvalue weighted by Crippen LogP contribution is -2.44. The maximum absolute atomic E-state index is 13.0. The molecule has 0 bridgehead atoms. The summed E-state index contributed by atoms with van der Waals surface area (Å²) in [5.74, 6) is 0.345. The van der Waals surface area contributed by atoms with Gasteiger partial charge in [0.25, 0.3) is 5.91 Å². The Morgan fingerprint density at radius 3 is 2.39 bits per heavy atom. The van der Waals surface area contributed by atoms with Crippen LogP contribution < -0.4 is 5.32 Å². The molecule has 4 rings (SSSR count). The minimum absolute atomic E-state index is 0.182. The van der Waals surface area contributed by atoms with Gasteiger partial charge in [-0.3, -0.25) is 9.69 Å². The molecule has 1 N–H and O–H groups in total. The molecule has 1 saturated heterocycles. The number of carbonyl (C=O) groups is 1. The fourth-order valence-electron chi connectivity index (χ4n) is 3.83. The van der Waals surface area contributed by atoms with Crippen molar-refractivity contribution in [3.8, 4) is 11.5 Å². The summed E-state index contributed by atoms with van der Waals surface area (Å²) < 4.78 is 50.0. The summed E-state index contributed by atoms with van der Waals surface area (Å²) in [6, 6.07) is 14.0. The Balaban J connectivity index is 1.51. The zero-order valence-electron chi connectivity index (χ0n) is 18.1. The van der Waals surface area contributed by atoms with E-state index in [9.17, 15) is 18.0 Å². The van der Waals surface area contributed by atoms with Gasteiger partial charge in [0.1, 0.15) is 5.76 Å². The summed E-state index contributed by atoms with van der Waals surface area (Å²) in [6.07, 6.45) is -4.40. The fraction of sp³-hybridized carbons (Fsp3) is 0.333. The van der Waals surface area contributed by atoms with Gasteiger partial charge in [0.2, 0.25) is 5.89 Å². The third-order valence-electron chi connectivity index (χ3n) is 5.60. The molecule has 1 unspecified atom stereocenters. The minimum Gasteiger partial charge on any atom is -0.441 e. The molecule has 2 heterocycles. The molecule has 2 aromatic carbocycles. The number of aryl methyl sites for hydroxylation is 1. The number of halogens is 3. The number of morpholine rings is 1. The van der Waals surface area contributed by atoms with Crippen LogP contribution in [0.25, 0.3) is 11.5 Å². The molecular formula is C24H24F3N3O3. The predicted octanol–water partition coefficient (Wildman–Crippen LogP) is 4.47. The first-order valence-corrected chi connectivity index (χ1v) is 10.6. The molecule has 1 fully saturated rings. The number of hydrogen-bond acceptors (Lipinski definition) is 5. The first-order valence-electron chi connectivity index (χ1n) is 10.6. The van der Waals surface area contributed by atoms with Crippen LogP contribution in [0.1, 0.15) is 33.4 Å². The van der Waals surface area contributed by atoms with Crippen molar-refractivity contribution >= 4 is 5.91 Å². The van der Waals surface area contributed by atoms with Crippen molar-refractivity contribution in [2.75, 3.05) is 32.8 Å². The van der Waals surface area contributed by atoms with Crippen LogP contribution in [-0.4, -0.2) is 48.6 Å². The summed E-state index contributed by atoms with van der Waals surface area (Å²) in [4.78, 5) is 19.3. The number of rotatable bonds is 6. The van der Waals surface area contributed by atoms with E-state index in [0.29, 0.717) is 43.5 Å². The molecular weight excluding hydrogens is 435 g/mol. The van der Waals surface area contributed by atoms with Crippen LogP contribution in [0.5, 0.6) is 0 Å². The summed E-state index contributed by atoms with van der Waals surface area (Å²) in [7, 11) is 0. The molecule has 6 nitrogen and oxygen atoms in total. The standard InChI is InChI=1S/C24H24F3N3O3/c1-16-21(29-23(33-16)18-5-3-2-4-6-18)22(31)28-15-20(30-11-13-32-14-12-30)17-7-9-19(10-8-17)24(25,26)27/h2-10,20H,11-15H2,1H3,(H,28,31). The fourth-order valence-corrected chi connectivity index (χ4v) is 3.83. The molecule has 0 aliphatic carbocycles. The van der Waals surface area contributed by atoms with Gasteiger partial charge < -0.3 is 14.5 Å². The topological polar surface area (TPSA) is 67.6 Å². The van der Waals surface area contributed by atoms with Crippen LogP contribution in [0, 0.1) is 6.92 Å². The van der Waals surface area contributed by atoms with Crippen LogP contribution >= 0.6 is 0 Å². The number of oxazole rings is 1. The SMILES string of the molecule is Cc1oc(-c2ccccc2)nc1C(=O)NCC(c1ccc(C(F)(F)F)cc1)N1CCOCC1. The van der Waals surface area contributed by atoms with Gasteiger partial charge in [-0.05, 0) is 36.8 Å². The van der Waals surface area contributed by atoms with Crippen molar-refractivity contribution in [3.63, 3.8) is 0 Å². The van der Waals surface area contributed by atoms with E-state index in [2.05, 4.69) is 15.2 Å². The average Bonchev–Trinajstić information content (AvgIpc) is 3.22. The molecule has 3 aromatic rings. The number of benzene rings is 2. The minimum atomic E-state index is -4.40. The van der Waals surface area contributed by atoms with Gasteiger partial charge in [-0.25, -0.2) is 4.98 Å². The van der Waals surface area contributed by atoms with Crippen LogP contribution in [-0.2, 0) is 10.9 Å². The highest BCUT2D eigenvalue weighted by Gasteiger charge is 2.31. The number of nitrogens with one attached hydrogen (secondary N) is 1. The Morgan fingerprint density at radius 1 is 1.09 bits per heavy atom. The number of carbonyl (C=O) groups excluding carboxylic acids is 1. The van der Waals surface area contributed by atoms with Crippen molar-refractivity contribution < 1.29 is 27.1 Å².